The largest absolute Gasteiger partial charge is 0.346 e. The third kappa shape index (κ3) is 1.68. The maximum absolute atomic E-state index is 13.9. The highest BCUT2D eigenvalue weighted by Gasteiger charge is 2.16. The van der Waals surface area contributed by atoms with Crippen molar-refractivity contribution >= 4 is 11.0 Å². The van der Waals surface area contributed by atoms with Crippen LogP contribution >= 0.6 is 0 Å². The van der Waals surface area contributed by atoms with Crippen LogP contribution in [-0.4, -0.2) is 9.97 Å². The quantitative estimate of drug-likeness (QED) is 0.724. The van der Waals surface area contributed by atoms with Gasteiger partial charge in [-0.05, 0) is 17.2 Å². The number of H-pyrrole nitrogens is 1. The first-order chi connectivity index (χ1) is 8.77. The summed E-state index contributed by atoms with van der Waals surface area (Å²) >= 11 is 0. The third-order valence-corrected chi connectivity index (χ3v) is 3.32. The van der Waals surface area contributed by atoms with Crippen LogP contribution in [0.4, 0.5) is 4.39 Å². The standard InChI is InChI=1S/C15H13FN2/c1-10(11-5-3-2-4-6-11)12-9-18-15-14(12)13(16)7-8-17-15/h2-10H,1H3,(H,17,18). The molecule has 0 saturated heterocycles. The molecular weight excluding hydrogens is 227 g/mol. The summed E-state index contributed by atoms with van der Waals surface area (Å²) in [6.07, 6.45) is 3.32. The molecule has 90 valence electrons. The van der Waals surface area contributed by atoms with Gasteiger partial charge in [-0.25, -0.2) is 9.37 Å². The van der Waals surface area contributed by atoms with E-state index < -0.39 is 0 Å². The molecule has 1 unspecified atom stereocenters. The van der Waals surface area contributed by atoms with E-state index in [4.69, 9.17) is 0 Å². The average molecular weight is 240 g/mol. The Morgan fingerprint density at radius 1 is 1.17 bits per heavy atom. The topological polar surface area (TPSA) is 28.7 Å². The molecule has 18 heavy (non-hydrogen) atoms. The first-order valence-electron chi connectivity index (χ1n) is 5.94. The number of rotatable bonds is 2. The minimum Gasteiger partial charge on any atom is -0.346 e. The van der Waals surface area contributed by atoms with Crippen LogP contribution < -0.4 is 0 Å². The van der Waals surface area contributed by atoms with E-state index in [9.17, 15) is 4.39 Å². The van der Waals surface area contributed by atoms with Crippen LogP contribution in [0.5, 0.6) is 0 Å². The lowest BCUT2D eigenvalue weighted by atomic mass is 9.93. The van der Waals surface area contributed by atoms with E-state index in [0.717, 1.165) is 5.56 Å². The molecule has 0 spiro atoms. The van der Waals surface area contributed by atoms with Crippen molar-refractivity contribution in [2.75, 3.05) is 0 Å². The highest BCUT2D eigenvalue weighted by molar-refractivity contribution is 5.81. The first kappa shape index (κ1) is 11.0. The molecule has 1 aromatic carbocycles. The molecule has 3 aromatic rings. The number of hydrogen-bond acceptors (Lipinski definition) is 1. The van der Waals surface area contributed by atoms with Crippen LogP contribution in [0.15, 0.2) is 48.8 Å². The van der Waals surface area contributed by atoms with Crippen LogP contribution in [-0.2, 0) is 0 Å². The van der Waals surface area contributed by atoms with Gasteiger partial charge in [0.15, 0.2) is 0 Å². The zero-order chi connectivity index (χ0) is 12.5. The zero-order valence-corrected chi connectivity index (χ0v) is 10.0. The summed E-state index contributed by atoms with van der Waals surface area (Å²) in [4.78, 5) is 7.17. The van der Waals surface area contributed by atoms with Crippen molar-refractivity contribution < 1.29 is 4.39 Å². The first-order valence-corrected chi connectivity index (χ1v) is 5.94. The predicted octanol–water partition coefficient (Wildman–Crippen LogP) is 3.85. The molecule has 2 aromatic heterocycles. The van der Waals surface area contributed by atoms with Gasteiger partial charge in [0.2, 0.25) is 0 Å². The number of aromatic nitrogens is 2. The van der Waals surface area contributed by atoms with E-state index in [0.29, 0.717) is 11.0 Å². The van der Waals surface area contributed by atoms with Crippen molar-refractivity contribution in [3.8, 4) is 0 Å². The summed E-state index contributed by atoms with van der Waals surface area (Å²) in [6.45, 7) is 2.07. The Labute approximate surface area is 104 Å². The van der Waals surface area contributed by atoms with Crippen molar-refractivity contribution in [1.29, 1.82) is 0 Å². The van der Waals surface area contributed by atoms with Gasteiger partial charge in [-0.2, -0.15) is 0 Å². The molecule has 0 aliphatic heterocycles. The SMILES string of the molecule is CC(c1ccccc1)c1c[nH]c2nccc(F)c12. The Kier molecular flexibility index (Phi) is 2.59. The van der Waals surface area contributed by atoms with E-state index >= 15 is 0 Å². The van der Waals surface area contributed by atoms with Gasteiger partial charge in [-0.15, -0.1) is 0 Å². The Bertz CT molecular complexity index is 673. The summed E-state index contributed by atoms with van der Waals surface area (Å²) in [5, 5.41) is 0.592. The molecule has 0 bridgehead atoms. The van der Waals surface area contributed by atoms with Gasteiger partial charge in [0.25, 0.3) is 0 Å². The van der Waals surface area contributed by atoms with Gasteiger partial charge in [0, 0.05) is 18.3 Å². The number of benzene rings is 1. The molecule has 3 heteroatoms. The predicted molar refractivity (Wildman–Crippen MR) is 70.0 cm³/mol. The number of hydrogen-bond donors (Lipinski definition) is 1. The fourth-order valence-corrected chi connectivity index (χ4v) is 2.30. The zero-order valence-electron chi connectivity index (χ0n) is 10.0. The lowest BCUT2D eigenvalue weighted by molar-refractivity contribution is 0.637. The molecule has 0 aliphatic rings. The van der Waals surface area contributed by atoms with E-state index in [-0.39, 0.29) is 11.7 Å². The second kappa shape index (κ2) is 4.26. The molecular formula is C15H13FN2. The van der Waals surface area contributed by atoms with Crippen LogP contribution in [0.3, 0.4) is 0 Å². The third-order valence-electron chi connectivity index (χ3n) is 3.32. The monoisotopic (exact) mass is 240 g/mol. The van der Waals surface area contributed by atoms with E-state index in [1.807, 2.05) is 24.4 Å². The van der Waals surface area contributed by atoms with Gasteiger partial charge >= 0.3 is 0 Å². The molecule has 2 heterocycles. The maximum Gasteiger partial charge on any atom is 0.140 e. The number of halogens is 1. The average Bonchev–Trinajstić information content (AvgIpc) is 2.84. The highest BCUT2D eigenvalue weighted by atomic mass is 19.1. The van der Waals surface area contributed by atoms with Gasteiger partial charge in [-0.1, -0.05) is 37.3 Å². The van der Waals surface area contributed by atoms with Crippen LogP contribution in [0, 0.1) is 5.82 Å². The molecule has 0 radical (unpaired) electrons. The van der Waals surface area contributed by atoms with Crippen LogP contribution in [0.2, 0.25) is 0 Å². The van der Waals surface area contributed by atoms with Gasteiger partial charge < -0.3 is 4.98 Å². The van der Waals surface area contributed by atoms with Crippen molar-refractivity contribution in [3.05, 3.63) is 65.7 Å². The number of pyridine rings is 1. The fourth-order valence-electron chi connectivity index (χ4n) is 2.30. The molecule has 1 atom stereocenters. The van der Waals surface area contributed by atoms with Gasteiger partial charge in [0.1, 0.15) is 11.5 Å². The molecule has 3 rings (SSSR count). The number of nitrogens with zero attached hydrogens (tertiary/aromatic N) is 1. The summed E-state index contributed by atoms with van der Waals surface area (Å²) < 4.78 is 13.9. The van der Waals surface area contributed by atoms with Gasteiger partial charge in [0.05, 0.1) is 5.39 Å². The fraction of sp³-hybridized carbons (Fsp3) is 0.133. The Morgan fingerprint density at radius 2 is 1.94 bits per heavy atom. The van der Waals surface area contributed by atoms with E-state index in [1.165, 1.54) is 17.8 Å². The maximum atomic E-state index is 13.9. The van der Waals surface area contributed by atoms with Crippen LogP contribution in [0.25, 0.3) is 11.0 Å². The van der Waals surface area contributed by atoms with Crippen molar-refractivity contribution in [2.45, 2.75) is 12.8 Å². The molecule has 1 N–H and O–H groups in total. The van der Waals surface area contributed by atoms with E-state index in [1.54, 1.807) is 0 Å². The van der Waals surface area contributed by atoms with Gasteiger partial charge in [-0.3, -0.25) is 0 Å². The smallest absolute Gasteiger partial charge is 0.140 e. The summed E-state index contributed by atoms with van der Waals surface area (Å²) in [5.74, 6) is -0.0855. The normalized spacial score (nSPS) is 12.8. The van der Waals surface area contributed by atoms with Crippen molar-refractivity contribution in [1.82, 2.24) is 9.97 Å². The lowest BCUT2D eigenvalue weighted by Crippen LogP contribution is -1.95. The minimum atomic E-state index is -0.223. The molecule has 2 nitrogen and oxygen atoms in total. The highest BCUT2D eigenvalue weighted by Crippen LogP contribution is 2.30. The number of nitrogens with one attached hydrogen (secondary N) is 1. The second-order valence-corrected chi connectivity index (χ2v) is 4.39. The van der Waals surface area contributed by atoms with Crippen molar-refractivity contribution in [3.63, 3.8) is 0 Å². The molecule has 0 fully saturated rings. The Balaban J connectivity index is 2.15. The summed E-state index contributed by atoms with van der Waals surface area (Å²) in [6, 6.07) is 11.5. The lowest BCUT2D eigenvalue weighted by Gasteiger charge is -2.11. The molecule has 0 amide bonds. The Hall–Kier alpha value is -2.16. The molecule has 0 saturated carbocycles. The number of aromatic amines is 1. The summed E-state index contributed by atoms with van der Waals surface area (Å²) in [5.41, 5.74) is 2.72. The number of fused-ring (bicyclic) bond motifs is 1. The Morgan fingerprint density at radius 3 is 2.72 bits per heavy atom. The molecule has 0 aliphatic carbocycles. The van der Waals surface area contributed by atoms with Crippen LogP contribution in [0.1, 0.15) is 24.0 Å². The summed E-state index contributed by atoms with van der Waals surface area (Å²) in [7, 11) is 0. The second-order valence-electron chi connectivity index (χ2n) is 4.39. The van der Waals surface area contributed by atoms with E-state index in [2.05, 4.69) is 29.0 Å². The van der Waals surface area contributed by atoms with Crippen molar-refractivity contribution in [2.24, 2.45) is 0 Å². The minimum absolute atomic E-state index is 0.138.